The van der Waals surface area contributed by atoms with Crippen LogP contribution in [0.3, 0.4) is 0 Å². The van der Waals surface area contributed by atoms with Crippen molar-refractivity contribution in [2.45, 2.75) is 26.2 Å². The number of benzene rings is 7. The third-order valence-corrected chi connectivity index (χ3v) is 8.31. The molecule has 0 fully saturated rings. The molecule has 0 bridgehead atoms. The van der Waals surface area contributed by atoms with Crippen molar-refractivity contribution in [1.82, 2.24) is 0 Å². The fourth-order valence-corrected chi connectivity index (χ4v) is 5.51. The van der Waals surface area contributed by atoms with Crippen LogP contribution in [0.15, 0.2) is 164 Å². The number of hydrogen-bond acceptors (Lipinski definition) is 6. The highest BCUT2D eigenvalue weighted by molar-refractivity contribution is 5.47. The molecule has 1 atom stereocenters. The van der Waals surface area contributed by atoms with Gasteiger partial charge in [-0.25, -0.2) is 8.78 Å². The van der Waals surface area contributed by atoms with E-state index in [0.717, 1.165) is 12.0 Å². The molecule has 0 aliphatic heterocycles. The molecule has 7 aromatic rings. The monoisotopic (exact) mass is 722 g/mol. The first-order chi connectivity index (χ1) is 26.3. The smallest absolute Gasteiger partial charge is 0.131 e. The fraction of sp³-hybridized carbons (Fsp3) is 0.0870. The minimum absolute atomic E-state index is 0.254. The summed E-state index contributed by atoms with van der Waals surface area (Å²) in [6, 6.07) is 46.7. The van der Waals surface area contributed by atoms with Gasteiger partial charge < -0.3 is 28.4 Å². The maximum Gasteiger partial charge on any atom is 0.131 e. The number of halogens is 2. The number of hydrogen-bond donors (Lipinski definition) is 0. The van der Waals surface area contributed by atoms with Crippen molar-refractivity contribution in [1.29, 1.82) is 0 Å². The predicted octanol–water partition coefficient (Wildman–Crippen LogP) is 14.2. The molecule has 0 aromatic heterocycles. The van der Waals surface area contributed by atoms with Crippen molar-refractivity contribution in [2.75, 3.05) is 0 Å². The fourth-order valence-electron chi connectivity index (χ4n) is 5.51. The Morgan fingerprint density at radius 1 is 0.352 bits per heavy atom. The molecule has 0 heterocycles. The van der Waals surface area contributed by atoms with Gasteiger partial charge in [-0.2, -0.15) is 0 Å². The molecular formula is C46H36F2O6. The first-order valence-corrected chi connectivity index (χ1v) is 17.5. The molecule has 0 N–H and O–H groups in total. The van der Waals surface area contributed by atoms with Crippen molar-refractivity contribution in [3.05, 3.63) is 181 Å². The standard InChI is InChI=1S/C46H36F2O6/c1-3-31(2)32-22-45(53-43-20-8-18-41(28-43)51-39-16-6-14-37(26-39)49-35-12-4-10-33(47)24-35)30-46(23-32)54-44-21-9-19-42(29-44)52-40-17-7-15-38(27-40)50-36-13-5-11-34(48)25-36/h4-31H,3H2,1-2H3. The van der Waals surface area contributed by atoms with Crippen LogP contribution in [-0.4, -0.2) is 0 Å². The van der Waals surface area contributed by atoms with E-state index >= 15 is 0 Å². The lowest BCUT2D eigenvalue weighted by Gasteiger charge is -2.16. The minimum Gasteiger partial charge on any atom is -0.457 e. The van der Waals surface area contributed by atoms with E-state index in [2.05, 4.69) is 13.8 Å². The van der Waals surface area contributed by atoms with Gasteiger partial charge in [-0.3, -0.25) is 0 Å². The highest BCUT2D eigenvalue weighted by Gasteiger charge is 2.12. The Morgan fingerprint density at radius 2 is 0.593 bits per heavy atom. The van der Waals surface area contributed by atoms with Crippen molar-refractivity contribution < 1.29 is 37.2 Å². The molecule has 8 heteroatoms. The molecule has 54 heavy (non-hydrogen) atoms. The number of ether oxygens (including phenoxy) is 6. The summed E-state index contributed by atoms with van der Waals surface area (Å²) < 4.78 is 63.9. The molecule has 0 spiro atoms. The van der Waals surface area contributed by atoms with Gasteiger partial charge in [0.05, 0.1) is 0 Å². The minimum atomic E-state index is -0.376. The van der Waals surface area contributed by atoms with Gasteiger partial charge in [-0.1, -0.05) is 50.2 Å². The molecule has 0 saturated heterocycles. The summed E-state index contributed by atoms with van der Waals surface area (Å²) in [5.41, 5.74) is 1.06. The Kier molecular flexibility index (Phi) is 11.0. The molecule has 0 radical (unpaired) electrons. The van der Waals surface area contributed by atoms with Crippen LogP contribution in [0.2, 0.25) is 0 Å². The molecule has 0 aliphatic carbocycles. The van der Waals surface area contributed by atoms with Crippen LogP contribution in [0.25, 0.3) is 0 Å². The Morgan fingerprint density at radius 3 is 0.870 bits per heavy atom. The Balaban J connectivity index is 1.05. The zero-order valence-corrected chi connectivity index (χ0v) is 29.6. The summed E-state index contributed by atoms with van der Waals surface area (Å²) >= 11 is 0. The third-order valence-electron chi connectivity index (χ3n) is 8.31. The van der Waals surface area contributed by atoms with Gasteiger partial charge in [-0.05, 0) is 103 Å². The van der Waals surface area contributed by atoms with Gasteiger partial charge >= 0.3 is 0 Å². The van der Waals surface area contributed by atoms with Gasteiger partial charge in [0.15, 0.2) is 0 Å². The molecule has 7 aromatic carbocycles. The zero-order valence-electron chi connectivity index (χ0n) is 29.6. The van der Waals surface area contributed by atoms with Gasteiger partial charge in [0, 0.05) is 42.5 Å². The average molecular weight is 723 g/mol. The zero-order chi connectivity index (χ0) is 37.3. The number of rotatable bonds is 14. The van der Waals surface area contributed by atoms with E-state index < -0.39 is 0 Å². The van der Waals surface area contributed by atoms with Crippen LogP contribution in [0.1, 0.15) is 31.7 Å². The van der Waals surface area contributed by atoms with Crippen LogP contribution in [-0.2, 0) is 0 Å². The molecule has 270 valence electrons. The van der Waals surface area contributed by atoms with Gasteiger partial charge in [0.1, 0.15) is 80.6 Å². The average Bonchev–Trinajstić information content (AvgIpc) is 3.15. The predicted molar refractivity (Wildman–Crippen MR) is 204 cm³/mol. The molecule has 0 aliphatic rings. The Hall–Kier alpha value is -6.80. The normalized spacial score (nSPS) is 11.3. The second-order valence-electron chi connectivity index (χ2n) is 12.5. The van der Waals surface area contributed by atoms with Gasteiger partial charge in [0.25, 0.3) is 0 Å². The van der Waals surface area contributed by atoms with E-state index in [1.807, 2.05) is 66.7 Å². The van der Waals surface area contributed by atoms with E-state index in [-0.39, 0.29) is 17.6 Å². The second-order valence-corrected chi connectivity index (χ2v) is 12.5. The van der Waals surface area contributed by atoms with E-state index in [0.29, 0.717) is 69.0 Å². The van der Waals surface area contributed by atoms with Gasteiger partial charge in [-0.15, -0.1) is 0 Å². The van der Waals surface area contributed by atoms with Crippen LogP contribution in [0.4, 0.5) is 8.78 Å². The van der Waals surface area contributed by atoms with E-state index in [1.165, 1.54) is 24.3 Å². The Bertz CT molecular complexity index is 2200. The molecule has 1 unspecified atom stereocenters. The van der Waals surface area contributed by atoms with Crippen LogP contribution in [0.5, 0.6) is 69.0 Å². The maximum absolute atomic E-state index is 13.6. The van der Waals surface area contributed by atoms with Crippen LogP contribution in [0, 0.1) is 11.6 Å². The van der Waals surface area contributed by atoms with E-state index in [4.69, 9.17) is 28.4 Å². The molecule has 0 amide bonds. The topological polar surface area (TPSA) is 55.4 Å². The lowest BCUT2D eigenvalue weighted by molar-refractivity contribution is 0.442. The summed E-state index contributed by atoms with van der Waals surface area (Å²) in [6.45, 7) is 4.29. The van der Waals surface area contributed by atoms with Crippen molar-refractivity contribution >= 4 is 0 Å². The Labute approximate surface area is 312 Å². The van der Waals surface area contributed by atoms with E-state index in [9.17, 15) is 8.78 Å². The first kappa shape index (κ1) is 35.6. The largest absolute Gasteiger partial charge is 0.457 e. The maximum atomic E-state index is 13.6. The molecule has 7 rings (SSSR count). The summed E-state index contributed by atoms with van der Waals surface area (Å²) in [4.78, 5) is 0. The summed E-state index contributed by atoms with van der Waals surface area (Å²) in [6.07, 6.45) is 0.930. The molecular weight excluding hydrogens is 686 g/mol. The second kappa shape index (κ2) is 16.7. The van der Waals surface area contributed by atoms with Gasteiger partial charge in [0.2, 0.25) is 0 Å². The van der Waals surface area contributed by atoms with Crippen molar-refractivity contribution in [3.8, 4) is 69.0 Å². The van der Waals surface area contributed by atoms with Crippen molar-refractivity contribution in [3.63, 3.8) is 0 Å². The van der Waals surface area contributed by atoms with Crippen LogP contribution >= 0.6 is 0 Å². The van der Waals surface area contributed by atoms with E-state index in [1.54, 1.807) is 72.8 Å². The molecule has 0 saturated carbocycles. The lowest BCUT2D eigenvalue weighted by Crippen LogP contribution is -1.95. The first-order valence-electron chi connectivity index (χ1n) is 17.5. The summed E-state index contributed by atoms with van der Waals surface area (Å²) in [5.74, 6) is 5.89. The third kappa shape index (κ3) is 9.74. The molecule has 6 nitrogen and oxygen atoms in total. The summed E-state index contributed by atoms with van der Waals surface area (Å²) in [7, 11) is 0. The lowest BCUT2D eigenvalue weighted by atomic mass is 9.98. The highest BCUT2D eigenvalue weighted by Crippen LogP contribution is 2.37. The SMILES string of the molecule is CCC(C)c1cc(Oc2cccc(Oc3cccc(Oc4cccc(F)c4)c3)c2)cc(Oc2cccc(Oc3cccc(Oc4cccc(F)c4)c3)c2)c1. The van der Waals surface area contributed by atoms with Crippen molar-refractivity contribution in [2.24, 2.45) is 0 Å². The van der Waals surface area contributed by atoms with Crippen LogP contribution < -0.4 is 28.4 Å². The summed E-state index contributed by atoms with van der Waals surface area (Å²) in [5, 5.41) is 0. The highest BCUT2D eigenvalue weighted by atomic mass is 19.1. The quantitative estimate of drug-likeness (QED) is 0.111.